The second kappa shape index (κ2) is 5.49. The highest BCUT2D eigenvalue weighted by molar-refractivity contribution is 6.30. The summed E-state index contributed by atoms with van der Waals surface area (Å²) in [4.78, 5) is 0. The van der Waals surface area contributed by atoms with Gasteiger partial charge in [-0.2, -0.15) is 0 Å². The molecule has 2 N–H and O–H groups in total. The van der Waals surface area contributed by atoms with Crippen LogP contribution in [0.5, 0.6) is 5.75 Å². The summed E-state index contributed by atoms with van der Waals surface area (Å²) < 4.78 is 18.7. The SMILES string of the molecule is Cc1cc(C)c(OCc2ccc(F)c(Cl)c2)cc1N. The zero-order chi connectivity index (χ0) is 14.0. The Balaban J connectivity index is 2.14. The van der Waals surface area contributed by atoms with Crippen LogP contribution in [0.1, 0.15) is 16.7 Å². The van der Waals surface area contributed by atoms with Gasteiger partial charge in [-0.1, -0.05) is 23.7 Å². The minimum atomic E-state index is -0.429. The largest absolute Gasteiger partial charge is 0.489 e. The fraction of sp³-hybridized carbons (Fsp3) is 0.200. The Morgan fingerprint density at radius 3 is 2.58 bits per heavy atom. The Kier molecular flexibility index (Phi) is 3.96. The smallest absolute Gasteiger partial charge is 0.141 e. The van der Waals surface area contributed by atoms with E-state index >= 15 is 0 Å². The molecule has 2 aromatic carbocycles. The monoisotopic (exact) mass is 279 g/mol. The summed E-state index contributed by atoms with van der Waals surface area (Å²) in [5.74, 6) is 0.296. The highest BCUT2D eigenvalue weighted by Gasteiger charge is 2.05. The van der Waals surface area contributed by atoms with Crippen molar-refractivity contribution in [2.75, 3.05) is 5.73 Å². The van der Waals surface area contributed by atoms with Gasteiger partial charge in [0.25, 0.3) is 0 Å². The molecule has 0 bridgehead atoms. The Hall–Kier alpha value is -1.74. The standard InChI is InChI=1S/C15H15ClFNO/c1-9-5-10(2)15(7-14(9)18)19-8-11-3-4-13(17)12(16)6-11/h3-7H,8,18H2,1-2H3. The highest BCUT2D eigenvalue weighted by atomic mass is 35.5. The van der Waals surface area contributed by atoms with Crippen molar-refractivity contribution in [1.82, 2.24) is 0 Å². The molecule has 0 unspecified atom stereocenters. The molecule has 0 radical (unpaired) electrons. The quantitative estimate of drug-likeness (QED) is 0.852. The first kappa shape index (κ1) is 13.7. The fourth-order valence-corrected chi connectivity index (χ4v) is 2.00. The fourth-order valence-electron chi connectivity index (χ4n) is 1.79. The third-order valence-electron chi connectivity index (χ3n) is 2.94. The number of hydrogen-bond acceptors (Lipinski definition) is 2. The lowest BCUT2D eigenvalue weighted by Gasteiger charge is -2.12. The maximum atomic E-state index is 13.0. The number of anilines is 1. The van der Waals surface area contributed by atoms with Crippen LogP contribution in [0.25, 0.3) is 0 Å². The van der Waals surface area contributed by atoms with Crippen molar-refractivity contribution >= 4 is 17.3 Å². The predicted octanol–water partition coefficient (Wildman–Crippen LogP) is 4.26. The summed E-state index contributed by atoms with van der Waals surface area (Å²) in [6.45, 7) is 4.23. The van der Waals surface area contributed by atoms with Gasteiger partial charge in [-0.25, -0.2) is 4.39 Å². The summed E-state index contributed by atoms with van der Waals surface area (Å²) in [5.41, 5.74) is 9.39. The number of halogens is 2. The molecule has 0 saturated heterocycles. The number of hydrogen-bond donors (Lipinski definition) is 1. The molecule has 2 rings (SSSR count). The summed E-state index contributed by atoms with van der Waals surface area (Å²) in [7, 11) is 0. The molecule has 0 aliphatic carbocycles. The van der Waals surface area contributed by atoms with E-state index in [0.717, 1.165) is 22.4 Å². The predicted molar refractivity (Wildman–Crippen MR) is 76.1 cm³/mol. The number of ether oxygens (including phenoxy) is 1. The number of nitrogen functional groups attached to an aromatic ring is 1. The van der Waals surface area contributed by atoms with E-state index in [4.69, 9.17) is 22.1 Å². The number of aryl methyl sites for hydroxylation is 2. The zero-order valence-electron chi connectivity index (χ0n) is 10.8. The van der Waals surface area contributed by atoms with Crippen LogP contribution in [0.3, 0.4) is 0 Å². The molecular weight excluding hydrogens is 265 g/mol. The molecule has 0 aliphatic rings. The third-order valence-corrected chi connectivity index (χ3v) is 3.23. The molecule has 19 heavy (non-hydrogen) atoms. The molecule has 0 amide bonds. The van der Waals surface area contributed by atoms with Crippen molar-refractivity contribution < 1.29 is 9.13 Å². The maximum Gasteiger partial charge on any atom is 0.141 e. The Labute approximate surface area is 117 Å². The average molecular weight is 280 g/mol. The Morgan fingerprint density at radius 2 is 1.89 bits per heavy atom. The van der Waals surface area contributed by atoms with Crippen LogP contribution in [-0.4, -0.2) is 0 Å². The van der Waals surface area contributed by atoms with Gasteiger partial charge < -0.3 is 10.5 Å². The van der Waals surface area contributed by atoms with Crippen LogP contribution in [-0.2, 0) is 6.61 Å². The lowest BCUT2D eigenvalue weighted by molar-refractivity contribution is 0.304. The summed E-state index contributed by atoms with van der Waals surface area (Å²) in [6.07, 6.45) is 0. The first-order valence-electron chi connectivity index (χ1n) is 5.91. The second-order valence-electron chi connectivity index (χ2n) is 4.51. The molecule has 2 aromatic rings. The van der Waals surface area contributed by atoms with Gasteiger partial charge in [0.15, 0.2) is 0 Å². The summed E-state index contributed by atoms with van der Waals surface area (Å²) in [5, 5.41) is 0.0984. The molecule has 4 heteroatoms. The van der Waals surface area contributed by atoms with Crippen LogP contribution in [0, 0.1) is 19.7 Å². The maximum absolute atomic E-state index is 13.0. The van der Waals surface area contributed by atoms with Crippen molar-refractivity contribution in [3.05, 3.63) is 57.9 Å². The van der Waals surface area contributed by atoms with Crippen LogP contribution in [0.2, 0.25) is 5.02 Å². The van der Waals surface area contributed by atoms with Gasteiger partial charge in [0.1, 0.15) is 18.2 Å². The van der Waals surface area contributed by atoms with Crippen LogP contribution in [0.15, 0.2) is 30.3 Å². The van der Waals surface area contributed by atoms with E-state index in [1.165, 1.54) is 6.07 Å². The average Bonchev–Trinajstić information content (AvgIpc) is 2.36. The van der Waals surface area contributed by atoms with Gasteiger partial charge in [-0.3, -0.25) is 0 Å². The van der Waals surface area contributed by atoms with E-state index in [-0.39, 0.29) is 5.02 Å². The van der Waals surface area contributed by atoms with Gasteiger partial charge in [-0.05, 0) is 42.7 Å². The molecular formula is C15H15ClFNO. The first-order chi connectivity index (χ1) is 8.97. The minimum absolute atomic E-state index is 0.0984. The van der Waals surface area contributed by atoms with Gasteiger partial charge in [0, 0.05) is 11.8 Å². The number of rotatable bonds is 3. The van der Waals surface area contributed by atoms with E-state index in [0.29, 0.717) is 12.3 Å². The molecule has 0 fully saturated rings. The molecule has 0 saturated carbocycles. The van der Waals surface area contributed by atoms with Crippen molar-refractivity contribution in [3.8, 4) is 5.75 Å². The molecule has 0 aromatic heterocycles. The molecule has 0 heterocycles. The Morgan fingerprint density at radius 1 is 1.16 bits per heavy atom. The molecule has 0 atom stereocenters. The van der Waals surface area contributed by atoms with Crippen molar-refractivity contribution in [2.24, 2.45) is 0 Å². The van der Waals surface area contributed by atoms with E-state index in [1.54, 1.807) is 18.2 Å². The Bertz CT molecular complexity index is 613. The lowest BCUT2D eigenvalue weighted by atomic mass is 10.1. The lowest BCUT2D eigenvalue weighted by Crippen LogP contribution is -1.99. The normalized spacial score (nSPS) is 10.5. The molecule has 2 nitrogen and oxygen atoms in total. The van der Waals surface area contributed by atoms with Crippen molar-refractivity contribution in [2.45, 2.75) is 20.5 Å². The second-order valence-corrected chi connectivity index (χ2v) is 4.92. The zero-order valence-corrected chi connectivity index (χ0v) is 11.6. The van der Waals surface area contributed by atoms with Crippen LogP contribution >= 0.6 is 11.6 Å². The third kappa shape index (κ3) is 3.18. The summed E-state index contributed by atoms with van der Waals surface area (Å²) >= 11 is 5.72. The topological polar surface area (TPSA) is 35.2 Å². The van der Waals surface area contributed by atoms with E-state index in [9.17, 15) is 4.39 Å². The van der Waals surface area contributed by atoms with Gasteiger partial charge >= 0.3 is 0 Å². The van der Waals surface area contributed by atoms with Crippen molar-refractivity contribution in [1.29, 1.82) is 0 Å². The molecule has 0 aliphatic heterocycles. The number of benzene rings is 2. The molecule has 100 valence electrons. The van der Waals surface area contributed by atoms with Gasteiger partial charge in [0.05, 0.1) is 5.02 Å². The minimum Gasteiger partial charge on any atom is -0.489 e. The van der Waals surface area contributed by atoms with Crippen molar-refractivity contribution in [3.63, 3.8) is 0 Å². The van der Waals surface area contributed by atoms with E-state index < -0.39 is 5.82 Å². The van der Waals surface area contributed by atoms with Crippen LogP contribution in [0.4, 0.5) is 10.1 Å². The van der Waals surface area contributed by atoms with E-state index in [1.807, 2.05) is 19.9 Å². The summed E-state index contributed by atoms with van der Waals surface area (Å²) in [6, 6.07) is 8.31. The number of nitrogens with two attached hydrogens (primary N) is 1. The van der Waals surface area contributed by atoms with Gasteiger partial charge in [0.2, 0.25) is 0 Å². The van der Waals surface area contributed by atoms with Crippen LogP contribution < -0.4 is 10.5 Å². The first-order valence-corrected chi connectivity index (χ1v) is 6.28. The molecule has 0 spiro atoms. The highest BCUT2D eigenvalue weighted by Crippen LogP contribution is 2.25. The van der Waals surface area contributed by atoms with E-state index in [2.05, 4.69) is 0 Å². The van der Waals surface area contributed by atoms with Gasteiger partial charge in [-0.15, -0.1) is 0 Å².